The van der Waals surface area contributed by atoms with Gasteiger partial charge in [-0.15, -0.1) is 0 Å². The lowest BCUT2D eigenvalue weighted by Crippen LogP contribution is -2.30. The summed E-state index contributed by atoms with van der Waals surface area (Å²) >= 11 is 17.4. The topological polar surface area (TPSA) is 50.4 Å². The van der Waals surface area contributed by atoms with Crippen molar-refractivity contribution in [1.29, 1.82) is 0 Å². The number of ether oxygens (including phenoxy) is 1. The Morgan fingerprint density at radius 1 is 1.09 bits per heavy atom. The molecule has 3 aromatic carbocycles. The molecule has 3 aromatic rings. The maximum atomic E-state index is 12.5. The van der Waals surface area contributed by atoms with Crippen LogP contribution in [0, 0.1) is 0 Å². The minimum absolute atomic E-state index is 0.127. The molecule has 1 aliphatic rings. The normalized spacial score (nSPS) is 16.7. The minimum Gasteiger partial charge on any atom is -0.486 e. The lowest BCUT2D eigenvalue weighted by Gasteiger charge is -2.13. The Balaban J connectivity index is 1.43. The molecule has 8 heteroatoms. The minimum atomic E-state index is -0.239. The summed E-state index contributed by atoms with van der Waals surface area (Å²) < 4.78 is 6.62. The van der Waals surface area contributed by atoms with E-state index in [0.29, 0.717) is 31.8 Å². The van der Waals surface area contributed by atoms with Crippen LogP contribution >= 0.6 is 50.9 Å². The third-order valence-corrected chi connectivity index (χ3v) is 7.16. The molecule has 4 nitrogen and oxygen atoms in total. The van der Waals surface area contributed by atoms with Crippen molar-refractivity contribution in [3.05, 3.63) is 96.8 Å². The zero-order valence-corrected chi connectivity index (χ0v) is 21.6. The Morgan fingerprint density at radius 2 is 1.79 bits per heavy atom. The number of aryl methyl sites for hydroxylation is 1. The summed E-state index contributed by atoms with van der Waals surface area (Å²) in [6, 6.07) is 19.3. The molecular formula is C25H21BrCl2N2O2S. The molecule has 0 spiro atoms. The smallest absolute Gasteiger partial charge is 0.260 e. The lowest BCUT2D eigenvalue weighted by atomic mass is 10.1. The van der Waals surface area contributed by atoms with Gasteiger partial charge in [0.1, 0.15) is 6.61 Å². The van der Waals surface area contributed by atoms with Gasteiger partial charge in [0, 0.05) is 10.7 Å². The van der Waals surface area contributed by atoms with Crippen LogP contribution in [0.25, 0.3) is 6.08 Å². The predicted molar refractivity (Wildman–Crippen MR) is 142 cm³/mol. The second-order valence-electron chi connectivity index (χ2n) is 7.40. The van der Waals surface area contributed by atoms with Crippen LogP contribution < -0.4 is 15.4 Å². The molecule has 0 radical (unpaired) electrons. The third kappa shape index (κ3) is 6.27. The first-order chi connectivity index (χ1) is 15.9. The fraction of sp³-hybridized carbons (Fsp3) is 0.160. The molecule has 1 heterocycles. The second-order valence-corrected chi connectivity index (χ2v) is 10.2. The number of carbonyl (C=O) groups is 1. The van der Waals surface area contributed by atoms with Crippen LogP contribution in [0.3, 0.4) is 0 Å². The largest absolute Gasteiger partial charge is 0.486 e. The summed E-state index contributed by atoms with van der Waals surface area (Å²) in [6.45, 7) is 2.48. The van der Waals surface area contributed by atoms with Gasteiger partial charge in [0.25, 0.3) is 5.91 Å². The molecule has 1 aliphatic heterocycles. The van der Waals surface area contributed by atoms with E-state index in [-0.39, 0.29) is 11.4 Å². The van der Waals surface area contributed by atoms with Gasteiger partial charge in [-0.3, -0.25) is 4.79 Å². The van der Waals surface area contributed by atoms with Gasteiger partial charge in [0.2, 0.25) is 0 Å². The van der Waals surface area contributed by atoms with Crippen LogP contribution in [0.15, 0.2) is 70.0 Å². The quantitative estimate of drug-likeness (QED) is 0.292. The van der Waals surface area contributed by atoms with Crippen molar-refractivity contribution < 1.29 is 9.53 Å². The molecule has 4 rings (SSSR count). The Labute approximate surface area is 215 Å². The Morgan fingerprint density at radius 3 is 2.45 bits per heavy atom. The van der Waals surface area contributed by atoms with E-state index < -0.39 is 0 Å². The van der Waals surface area contributed by atoms with E-state index in [0.717, 1.165) is 23.2 Å². The van der Waals surface area contributed by atoms with Gasteiger partial charge < -0.3 is 15.4 Å². The maximum Gasteiger partial charge on any atom is 0.260 e. The summed E-state index contributed by atoms with van der Waals surface area (Å²) in [5, 5.41) is 7.42. The van der Waals surface area contributed by atoms with E-state index in [4.69, 9.17) is 27.9 Å². The Bertz CT molecular complexity index is 1160. The van der Waals surface area contributed by atoms with Gasteiger partial charge in [-0.2, -0.15) is 0 Å². The second kappa shape index (κ2) is 10.9. The van der Waals surface area contributed by atoms with Gasteiger partial charge in [0.15, 0.2) is 11.2 Å². The van der Waals surface area contributed by atoms with E-state index in [2.05, 4.69) is 45.6 Å². The molecular weight excluding hydrogens is 543 g/mol. The van der Waals surface area contributed by atoms with Gasteiger partial charge in [0.05, 0.1) is 14.4 Å². The van der Waals surface area contributed by atoms with Gasteiger partial charge in [-0.05, 0) is 81.5 Å². The van der Waals surface area contributed by atoms with Gasteiger partial charge in [-0.1, -0.05) is 66.2 Å². The Kier molecular flexibility index (Phi) is 7.91. The highest BCUT2D eigenvalue weighted by Crippen LogP contribution is 2.37. The molecule has 1 fully saturated rings. The van der Waals surface area contributed by atoms with Crippen LogP contribution in [0.1, 0.15) is 23.6 Å². The van der Waals surface area contributed by atoms with Crippen molar-refractivity contribution >= 4 is 68.6 Å². The molecule has 1 amide bonds. The fourth-order valence-corrected chi connectivity index (χ4v) is 5.34. The number of hydrogen-bond donors (Lipinski definition) is 2. The molecule has 0 saturated carbocycles. The molecule has 0 unspecified atom stereocenters. The molecule has 0 aliphatic carbocycles. The van der Waals surface area contributed by atoms with Crippen molar-refractivity contribution in [3.8, 4) is 5.75 Å². The molecule has 2 N–H and O–H groups in total. The molecule has 1 saturated heterocycles. The number of amides is 1. The average molecular weight is 564 g/mol. The monoisotopic (exact) mass is 562 g/mol. The van der Waals surface area contributed by atoms with Crippen LogP contribution in [-0.2, 0) is 17.8 Å². The number of rotatable bonds is 7. The summed E-state index contributed by atoms with van der Waals surface area (Å²) in [5.41, 5.74) is 3.77. The molecule has 0 aromatic heterocycles. The van der Waals surface area contributed by atoms with Crippen molar-refractivity contribution in [2.75, 3.05) is 5.32 Å². The number of halogens is 3. The average Bonchev–Trinajstić information content (AvgIpc) is 3.13. The van der Waals surface area contributed by atoms with Crippen LogP contribution in [-0.4, -0.2) is 11.4 Å². The maximum absolute atomic E-state index is 12.5. The van der Waals surface area contributed by atoms with Crippen molar-refractivity contribution in [3.63, 3.8) is 0 Å². The standard InChI is InChI=1S/C25H21BrCl2N2O2S/c1-2-15-5-9-19(10-6-15)29-25-30-24(31)22(33-25)13-17-11-20(26)23(21(28)12-17)32-14-16-3-7-18(27)8-4-16/h3-13,25,29H,2,14H2,1H3,(H,30,31)/b22-13-/t25-/m0/s1. The fourth-order valence-electron chi connectivity index (χ4n) is 3.24. The summed E-state index contributed by atoms with van der Waals surface area (Å²) in [5.74, 6) is 0.422. The zero-order chi connectivity index (χ0) is 23.4. The summed E-state index contributed by atoms with van der Waals surface area (Å²) in [6.07, 6.45) is 2.81. The predicted octanol–water partition coefficient (Wildman–Crippen LogP) is 7.50. The highest BCUT2D eigenvalue weighted by atomic mass is 79.9. The number of nitrogens with one attached hydrogen (secondary N) is 2. The number of thioether (sulfide) groups is 1. The van der Waals surface area contributed by atoms with E-state index in [1.165, 1.54) is 17.3 Å². The first-order valence-electron chi connectivity index (χ1n) is 10.3. The number of hydrogen-bond acceptors (Lipinski definition) is 4. The van der Waals surface area contributed by atoms with Gasteiger partial charge in [-0.25, -0.2) is 0 Å². The number of benzene rings is 3. The molecule has 0 bridgehead atoms. The lowest BCUT2D eigenvalue weighted by molar-refractivity contribution is -0.116. The van der Waals surface area contributed by atoms with Crippen LogP contribution in [0.2, 0.25) is 10.0 Å². The van der Waals surface area contributed by atoms with Crippen molar-refractivity contribution in [2.45, 2.75) is 25.4 Å². The highest BCUT2D eigenvalue weighted by molar-refractivity contribution is 9.10. The molecule has 1 atom stereocenters. The first-order valence-corrected chi connectivity index (χ1v) is 12.7. The van der Waals surface area contributed by atoms with E-state index in [1.54, 1.807) is 6.07 Å². The zero-order valence-electron chi connectivity index (χ0n) is 17.7. The summed E-state index contributed by atoms with van der Waals surface area (Å²) in [4.78, 5) is 13.1. The highest BCUT2D eigenvalue weighted by Gasteiger charge is 2.27. The van der Waals surface area contributed by atoms with E-state index in [9.17, 15) is 4.79 Å². The molecule has 33 heavy (non-hydrogen) atoms. The van der Waals surface area contributed by atoms with E-state index >= 15 is 0 Å². The number of carbonyl (C=O) groups excluding carboxylic acids is 1. The van der Waals surface area contributed by atoms with Crippen LogP contribution in [0.5, 0.6) is 5.75 Å². The first kappa shape index (κ1) is 24.0. The summed E-state index contributed by atoms with van der Waals surface area (Å²) in [7, 11) is 0. The van der Waals surface area contributed by atoms with Crippen molar-refractivity contribution in [2.24, 2.45) is 0 Å². The van der Waals surface area contributed by atoms with E-state index in [1.807, 2.05) is 48.5 Å². The Hall–Kier alpha value is -2.12. The van der Waals surface area contributed by atoms with Crippen molar-refractivity contribution in [1.82, 2.24) is 5.32 Å². The molecule has 170 valence electrons. The SMILES string of the molecule is CCc1ccc(N[C@H]2NC(=O)/C(=C/c3cc(Cl)c(OCc4ccc(Cl)cc4)c(Br)c3)S2)cc1. The van der Waals surface area contributed by atoms with Gasteiger partial charge >= 0.3 is 0 Å². The third-order valence-electron chi connectivity index (χ3n) is 5.01. The van der Waals surface area contributed by atoms with Crippen LogP contribution in [0.4, 0.5) is 5.69 Å². The number of anilines is 1.